The second kappa shape index (κ2) is 7.72. The van der Waals surface area contributed by atoms with Gasteiger partial charge in [0.15, 0.2) is 0 Å². The van der Waals surface area contributed by atoms with E-state index in [0.717, 1.165) is 5.56 Å². The van der Waals surface area contributed by atoms with Gasteiger partial charge in [-0.1, -0.05) is 30.3 Å². The summed E-state index contributed by atoms with van der Waals surface area (Å²) < 4.78 is 5.40. The van der Waals surface area contributed by atoms with Crippen molar-refractivity contribution >= 4 is 11.8 Å². The first-order valence-electron chi connectivity index (χ1n) is 8.16. The lowest BCUT2D eigenvalue weighted by molar-refractivity contribution is 0.0182. The van der Waals surface area contributed by atoms with Crippen molar-refractivity contribution in [2.24, 2.45) is 0 Å². The fourth-order valence-corrected chi connectivity index (χ4v) is 2.64. The molecule has 0 aliphatic carbocycles. The van der Waals surface area contributed by atoms with E-state index >= 15 is 0 Å². The van der Waals surface area contributed by atoms with Crippen LogP contribution in [-0.4, -0.2) is 47.7 Å². The first-order valence-corrected chi connectivity index (χ1v) is 8.16. The Morgan fingerprint density at radius 1 is 1.16 bits per heavy atom. The topological polar surface area (TPSA) is 60.9 Å². The highest BCUT2D eigenvalue weighted by Crippen LogP contribution is 2.25. The maximum atomic E-state index is 12.2. The Bertz CT molecular complexity index is 711. The van der Waals surface area contributed by atoms with Gasteiger partial charge < -0.3 is 14.5 Å². The Balaban J connectivity index is 2.17. The molecule has 25 heavy (non-hydrogen) atoms. The molecular weight excluding hydrogens is 316 g/mol. The second-order valence-electron chi connectivity index (χ2n) is 6.74. The lowest BCUT2D eigenvalue weighted by Gasteiger charge is -2.38. The van der Waals surface area contributed by atoms with Gasteiger partial charge in [0.25, 0.3) is 5.70 Å². The maximum Gasteiger partial charge on any atom is 0.410 e. The quantitative estimate of drug-likeness (QED) is 0.613. The summed E-state index contributed by atoms with van der Waals surface area (Å²) in [6, 6.07) is 11.4. The largest absolute Gasteiger partial charge is 0.444 e. The highest BCUT2D eigenvalue weighted by Gasteiger charge is 2.28. The van der Waals surface area contributed by atoms with Gasteiger partial charge in [-0.15, -0.1) is 0 Å². The second-order valence-corrected chi connectivity index (χ2v) is 6.74. The van der Waals surface area contributed by atoms with Crippen LogP contribution in [0, 0.1) is 17.9 Å². The van der Waals surface area contributed by atoms with E-state index in [9.17, 15) is 10.1 Å². The summed E-state index contributed by atoms with van der Waals surface area (Å²) in [5, 5.41) is 9.32. The van der Waals surface area contributed by atoms with Gasteiger partial charge in [-0.25, -0.2) is 14.9 Å². The number of hydrogen-bond donors (Lipinski definition) is 0. The molecule has 1 heterocycles. The highest BCUT2D eigenvalue weighted by molar-refractivity contribution is 5.73. The van der Waals surface area contributed by atoms with E-state index in [-0.39, 0.29) is 11.8 Å². The van der Waals surface area contributed by atoms with Crippen molar-refractivity contribution < 1.29 is 9.53 Å². The Morgan fingerprint density at radius 2 is 1.72 bits per heavy atom. The predicted molar refractivity (Wildman–Crippen MR) is 95.0 cm³/mol. The zero-order valence-electron chi connectivity index (χ0n) is 14.8. The number of ether oxygens (including phenoxy) is 1. The van der Waals surface area contributed by atoms with Gasteiger partial charge in [-0.2, -0.15) is 0 Å². The molecular formula is C19H22N4O2. The van der Waals surface area contributed by atoms with E-state index in [1.807, 2.05) is 62.1 Å². The normalized spacial score (nSPS) is 15.7. The average Bonchev–Trinajstić information content (AvgIpc) is 2.59. The third kappa shape index (κ3) is 4.74. The van der Waals surface area contributed by atoms with Gasteiger partial charge in [0, 0.05) is 26.2 Å². The number of nitriles is 1. The first-order chi connectivity index (χ1) is 11.9. The van der Waals surface area contributed by atoms with Crippen LogP contribution < -0.4 is 0 Å². The van der Waals surface area contributed by atoms with Crippen molar-refractivity contribution in [1.82, 2.24) is 9.80 Å². The maximum absolute atomic E-state index is 12.2. The van der Waals surface area contributed by atoms with Crippen LogP contribution in [0.1, 0.15) is 26.3 Å². The van der Waals surface area contributed by atoms with Gasteiger partial charge >= 0.3 is 6.09 Å². The Morgan fingerprint density at radius 3 is 2.20 bits per heavy atom. The molecule has 0 spiro atoms. The molecule has 6 nitrogen and oxygen atoms in total. The van der Waals surface area contributed by atoms with Crippen molar-refractivity contribution in [3.8, 4) is 6.07 Å². The molecule has 0 bridgehead atoms. The minimum atomic E-state index is -0.526. The smallest absolute Gasteiger partial charge is 0.410 e. The average molecular weight is 338 g/mol. The number of amides is 1. The molecule has 1 fully saturated rings. The molecule has 0 saturated carbocycles. The molecule has 2 rings (SSSR count). The molecule has 1 aliphatic heterocycles. The number of nitrogens with zero attached hydrogens (tertiary/aromatic N) is 4. The van der Waals surface area contributed by atoms with Crippen LogP contribution in [0.25, 0.3) is 10.5 Å². The van der Waals surface area contributed by atoms with Gasteiger partial charge in [0.1, 0.15) is 5.60 Å². The molecule has 1 amide bonds. The van der Waals surface area contributed by atoms with Crippen LogP contribution in [0.2, 0.25) is 0 Å². The Labute approximate surface area is 148 Å². The Kier molecular flexibility index (Phi) is 5.67. The summed E-state index contributed by atoms with van der Waals surface area (Å²) in [6.45, 7) is 14.9. The molecule has 1 aliphatic rings. The van der Waals surface area contributed by atoms with Gasteiger partial charge in [-0.3, -0.25) is 0 Å². The van der Waals surface area contributed by atoms with Gasteiger partial charge in [-0.05, 0) is 26.3 Å². The summed E-state index contributed by atoms with van der Waals surface area (Å²) in [6.07, 6.45) is -0.330. The molecule has 0 aromatic heterocycles. The molecule has 0 N–H and O–H groups in total. The molecule has 1 saturated heterocycles. The molecule has 0 radical (unpaired) electrons. The fraction of sp³-hybridized carbons (Fsp3) is 0.421. The summed E-state index contributed by atoms with van der Waals surface area (Å²) >= 11 is 0. The van der Waals surface area contributed by atoms with Gasteiger partial charge in [0.05, 0.1) is 18.3 Å². The van der Waals surface area contributed by atoms with Crippen LogP contribution in [0.15, 0.2) is 36.0 Å². The van der Waals surface area contributed by atoms with Gasteiger partial charge in [0.2, 0.25) is 0 Å². The molecule has 6 heteroatoms. The van der Waals surface area contributed by atoms with E-state index in [2.05, 4.69) is 4.85 Å². The SMILES string of the molecule is [C-]#[N+]C(C#N)=C(c1ccccc1)N1CCN(C(=O)OC(C)(C)C)CC1. The van der Waals surface area contributed by atoms with Crippen LogP contribution in [0.5, 0.6) is 0 Å². The third-order valence-electron chi connectivity index (χ3n) is 3.74. The minimum Gasteiger partial charge on any atom is -0.444 e. The van der Waals surface area contributed by atoms with Crippen molar-refractivity contribution in [3.63, 3.8) is 0 Å². The van der Waals surface area contributed by atoms with E-state index in [1.165, 1.54) is 0 Å². The molecule has 130 valence electrons. The number of benzene rings is 1. The van der Waals surface area contributed by atoms with Crippen molar-refractivity contribution in [2.45, 2.75) is 26.4 Å². The number of rotatable bonds is 2. The highest BCUT2D eigenvalue weighted by atomic mass is 16.6. The monoisotopic (exact) mass is 338 g/mol. The fourth-order valence-electron chi connectivity index (χ4n) is 2.64. The van der Waals surface area contributed by atoms with Crippen molar-refractivity contribution in [3.05, 3.63) is 53.0 Å². The van der Waals surface area contributed by atoms with E-state index in [0.29, 0.717) is 31.9 Å². The minimum absolute atomic E-state index is 0.0666. The van der Waals surface area contributed by atoms with E-state index < -0.39 is 5.60 Å². The lowest BCUT2D eigenvalue weighted by atomic mass is 10.1. The van der Waals surface area contributed by atoms with Crippen LogP contribution in [0.3, 0.4) is 0 Å². The van der Waals surface area contributed by atoms with Crippen molar-refractivity contribution in [1.29, 1.82) is 5.26 Å². The van der Waals surface area contributed by atoms with Crippen LogP contribution in [-0.2, 0) is 4.74 Å². The number of allylic oxidation sites excluding steroid dienone is 1. The number of carbonyl (C=O) groups is 1. The summed E-state index contributed by atoms with van der Waals surface area (Å²) in [5.74, 6) is 0. The van der Waals surface area contributed by atoms with E-state index in [1.54, 1.807) is 4.90 Å². The first kappa shape index (κ1) is 18.4. The van der Waals surface area contributed by atoms with Crippen LogP contribution in [0.4, 0.5) is 4.79 Å². The Hall–Kier alpha value is -2.99. The molecule has 1 aromatic carbocycles. The van der Waals surface area contributed by atoms with Crippen LogP contribution >= 0.6 is 0 Å². The molecule has 1 aromatic rings. The third-order valence-corrected chi connectivity index (χ3v) is 3.74. The zero-order chi connectivity index (χ0) is 18.4. The molecule has 0 atom stereocenters. The summed E-state index contributed by atoms with van der Waals surface area (Å²) in [4.78, 5) is 19.2. The lowest BCUT2D eigenvalue weighted by Crippen LogP contribution is -2.49. The predicted octanol–water partition coefficient (Wildman–Crippen LogP) is 3.35. The summed E-state index contributed by atoms with van der Waals surface area (Å²) in [7, 11) is 0. The zero-order valence-corrected chi connectivity index (χ0v) is 14.8. The van der Waals surface area contributed by atoms with E-state index in [4.69, 9.17) is 11.3 Å². The number of carbonyl (C=O) groups excluding carboxylic acids is 1. The number of hydrogen-bond acceptors (Lipinski definition) is 4. The molecule has 0 unspecified atom stereocenters. The number of piperazine rings is 1. The standard InChI is InChI=1S/C19H22N4O2/c1-19(2,3)25-18(24)23-12-10-22(11-13-23)17(16(14-20)21-4)15-8-6-5-7-9-15/h5-9H,10-13H2,1-3H3. The van der Waals surface area contributed by atoms with Crippen molar-refractivity contribution in [2.75, 3.05) is 26.2 Å². The summed E-state index contributed by atoms with van der Waals surface area (Å²) in [5.41, 5.74) is 1.00.